The minimum Gasteiger partial charge on any atom is -0.444 e. The van der Waals surface area contributed by atoms with Gasteiger partial charge in [0, 0.05) is 6.20 Å². The molecule has 21 heavy (non-hydrogen) atoms. The van der Waals surface area contributed by atoms with Crippen molar-refractivity contribution in [2.24, 2.45) is 0 Å². The second-order valence-corrected chi connectivity index (χ2v) is 5.93. The summed E-state index contributed by atoms with van der Waals surface area (Å²) in [5, 5.41) is -0.211. The van der Waals surface area contributed by atoms with E-state index in [-0.39, 0.29) is 5.38 Å². The first-order valence-corrected chi connectivity index (χ1v) is 7.29. The highest BCUT2D eigenvalue weighted by Gasteiger charge is 2.18. The fourth-order valence-corrected chi connectivity index (χ4v) is 2.50. The molecule has 0 aromatic carbocycles. The van der Waals surface area contributed by atoms with E-state index in [1.54, 1.807) is 0 Å². The van der Waals surface area contributed by atoms with Gasteiger partial charge in [0.25, 0.3) is 0 Å². The quantitative estimate of drug-likeness (QED) is 0.692. The topological polar surface area (TPSA) is 56.7 Å². The summed E-state index contributed by atoms with van der Waals surface area (Å²) in [4.78, 5) is 13.5. The fourth-order valence-electron chi connectivity index (χ4n) is 2.33. The smallest absolute Gasteiger partial charge is 0.214 e. The van der Waals surface area contributed by atoms with Crippen molar-refractivity contribution in [2.45, 2.75) is 39.6 Å². The Balaban J connectivity index is 2.12. The number of hydrogen-bond acceptors (Lipinski definition) is 4. The van der Waals surface area contributed by atoms with Crippen molar-refractivity contribution in [3.63, 3.8) is 0 Å². The minimum absolute atomic E-state index is 0.211. The van der Waals surface area contributed by atoms with Crippen LogP contribution in [0.4, 0.5) is 0 Å². The maximum absolute atomic E-state index is 6.26. The number of aromatic nitrogens is 4. The number of aryl methyl sites for hydroxylation is 3. The standard InChI is InChI=1S/C15H17ClN4O/c1-8-5-12-15(17-6-8)20(14(19-12)9(2)16)7-13-18-10(3)11(4)21-13/h5-6,9H,7H2,1-4H3. The Morgan fingerprint density at radius 3 is 2.67 bits per heavy atom. The van der Waals surface area contributed by atoms with Crippen LogP contribution >= 0.6 is 11.6 Å². The maximum atomic E-state index is 6.26. The zero-order chi connectivity index (χ0) is 15.1. The molecule has 0 N–H and O–H groups in total. The van der Waals surface area contributed by atoms with Gasteiger partial charge in [-0.15, -0.1) is 11.6 Å². The van der Waals surface area contributed by atoms with E-state index in [1.807, 2.05) is 44.5 Å². The Kier molecular flexibility index (Phi) is 3.45. The summed E-state index contributed by atoms with van der Waals surface area (Å²) in [7, 11) is 0. The first-order chi connectivity index (χ1) is 9.95. The van der Waals surface area contributed by atoms with Crippen LogP contribution < -0.4 is 0 Å². The van der Waals surface area contributed by atoms with Gasteiger partial charge in [-0.1, -0.05) is 0 Å². The number of alkyl halides is 1. The average molecular weight is 305 g/mol. The summed E-state index contributed by atoms with van der Waals surface area (Å²) in [5.41, 5.74) is 3.62. The van der Waals surface area contributed by atoms with Gasteiger partial charge in [0.15, 0.2) is 5.65 Å². The summed E-state index contributed by atoms with van der Waals surface area (Å²) >= 11 is 6.26. The van der Waals surface area contributed by atoms with Gasteiger partial charge in [0.1, 0.15) is 23.6 Å². The summed E-state index contributed by atoms with van der Waals surface area (Å²) < 4.78 is 7.63. The lowest BCUT2D eigenvalue weighted by atomic mass is 10.3. The number of rotatable bonds is 3. The van der Waals surface area contributed by atoms with Crippen LogP contribution in [-0.2, 0) is 6.54 Å². The van der Waals surface area contributed by atoms with E-state index in [2.05, 4.69) is 15.0 Å². The highest BCUT2D eigenvalue weighted by molar-refractivity contribution is 6.20. The third kappa shape index (κ3) is 2.53. The zero-order valence-corrected chi connectivity index (χ0v) is 13.3. The monoisotopic (exact) mass is 304 g/mol. The summed E-state index contributed by atoms with van der Waals surface area (Å²) in [6.07, 6.45) is 1.83. The van der Waals surface area contributed by atoms with Crippen molar-refractivity contribution in [2.75, 3.05) is 0 Å². The fraction of sp³-hybridized carbons (Fsp3) is 0.400. The molecular weight excluding hydrogens is 288 g/mol. The lowest BCUT2D eigenvalue weighted by molar-refractivity contribution is 0.455. The molecule has 0 fully saturated rings. The molecular formula is C15H17ClN4O. The molecule has 0 bridgehead atoms. The average Bonchev–Trinajstić information content (AvgIpc) is 2.91. The molecule has 0 aliphatic heterocycles. The number of fused-ring (bicyclic) bond motifs is 1. The molecule has 3 aromatic rings. The molecule has 3 heterocycles. The van der Waals surface area contributed by atoms with Crippen LogP contribution in [-0.4, -0.2) is 19.5 Å². The first-order valence-electron chi connectivity index (χ1n) is 6.85. The Morgan fingerprint density at radius 2 is 2.05 bits per heavy atom. The highest BCUT2D eigenvalue weighted by Crippen LogP contribution is 2.25. The van der Waals surface area contributed by atoms with Crippen LogP contribution in [0.5, 0.6) is 0 Å². The van der Waals surface area contributed by atoms with E-state index in [1.165, 1.54) is 0 Å². The molecule has 0 amide bonds. The third-order valence-corrected chi connectivity index (χ3v) is 3.67. The van der Waals surface area contributed by atoms with Gasteiger partial charge in [-0.3, -0.25) is 0 Å². The molecule has 5 nitrogen and oxygen atoms in total. The van der Waals surface area contributed by atoms with Crippen LogP contribution in [0, 0.1) is 20.8 Å². The van der Waals surface area contributed by atoms with Gasteiger partial charge in [-0.05, 0) is 39.3 Å². The number of hydrogen-bond donors (Lipinski definition) is 0. The molecule has 3 aromatic heterocycles. The second kappa shape index (κ2) is 5.15. The van der Waals surface area contributed by atoms with E-state index in [4.69, 9.17) is 16.0 Å². The normalized spacial score (nSPS) is 13.0. The number of imidazole rings is 1. The molecule has 3 rings (SSSR count). The molecule has 0 saturated heterocycles. The molecule has 1 unspecified atom stereocenters. The zero-order valence-electron chi connectivity index (χ0n) is 12.5. The number of oxazole rings is 1. The molecule has 6 heteroatoms. The summed E-state index contributed by atoms with van der Waals surface area (Å²) in [6.45, 7) is 8.22. The van der Waals surface area contributed by atoms with Gasteiger partial charge in [-0.2, -0.15) is 0 Å². The van der Waals surface area contributed by atoms with Gasteiger partial charge >= 0.3 is 0 Å². The van der Waals surface area contributed by atoms with Crippen LogP contribution in [0.15, 0.2) is 16.7 Å². The number of halogens is 1. The molecule has 0 radical (unpaired) electrons. The summed E-state index contributed by atoms with van der Waals surface area (Å²) in [5.74, 6) is 2.25. The van der Waals surface area contributed by atoms with Crippen LogP contribution in [0.3, 0.4) is 0 Å². The van der Waals surface area contributed by atoms with Crippen molar-refractivity contribution in [1.29, 1.82) is 0 Å². The lowest BCUT2D eigenvalue weighted by Crippen LogP contribution is -2.07. The van der Waals surface area contributed by atoms with Crippen molar-refractivity contribution in [3.05, 3.63) is 41.0 Å². The third-order valence-electron chi connectivity index (χ3n) is 3.47. The molecule has 110 valence electrons. The maximum Gasteiger partial charge on any atom is 0.214 e. The molecule has 0 saturated carbocycles. The van der Waals surface area contributed by atoms with E-state index in [0.717, 1.165) is 34.0 Å². The van der Waals surface area contributed by atoms with Crippen molar-refractivity contribution < 1.29 is 4.42 Å². The number of nitrogens with zero attached hydrogens (tertiary/aromatic N) is 4. The Bertz CT molecular complexity index is 784. The predicted octanol–water partition coefficient (Wildman–Crippen LogP) is 3.69. The predicted molar refractivity (Wildman–Crippen MR) is 81.6 cm³/mol. The lowest BCUT2D eigenvalue weighted by Gasteiger charge is -2.07. The Labute approximate surface area is 128 Å². The SMILES string of the molecule is Cc1cnc2c(c1)nc(C(C)Cl)n2Cc1nc(C)c(C)o1. The van der Waals surface area contributed by atoms with Crippen LogP contribution in [0.1, 0.15) is 41.0 Å². The molecule has 0 aliphatic carbocycles. The van der Waals surface area contributed by atoms with Gasteiger partial charge in [-0.25, -0.2) is 15.0 Å². The van der Waals surface area contributed by atoms with Crippen LogP contribution in [0.25, 0.3) is 11.2 Å². The second-order valence-electron chi connectivity index (χ2n) is 5.28. The summed E-state index contributed by atoms with van der Waals surface area (Å²) in [6, 6.07) is 2.01. The van der Waals surface area contributed by atoms with Crippen molar-refractivity contribution in [3.8, 4) is 0 Å². The highest BCUT2D eigenvalue weighted by atomic mass is 35.5. The van der Waals surface area contributed by atoms with Crippen LogP contribution in [0.2, 0.25) is 0 Å². The Morgan fingerprint density at radius 1 is 1.29 bits per heavy atom. The molecule has 0 spiro atoms. The minimum atomic E-state index is -0.211. The van der Waals surface area contributed by atoms with E-state index in [9.17, 15) is 0 Å². The first kappa shape index (κ1) is 14.1. The van der Waals surface area contributed by atoms with Gasteiger partial charge in [0.2, 0.25) is 5.89 Å². The van der Waals surface area contributed by atoms with Crippen molar-refractivity contribution in [1.82, 2.24) is 19.5 Å². The number of pyridine rings is 1. The van der Waals surface area contributed by atoms with E-state index >= 15 is 0 Å². The largest absolute Gasteiger partial charge is 0.444 e. The van der Waals surface area contributed by atoms with Gasteiger partial charge in [0.05, 0.1) is 11.1 Å². The van der Waals surface area contributed by atoms with E-state index in [0.29, 0.717) is 12.4 Å². The Hall–Kier alpha value is -1.88. The van der Waals surface area contributed by atoms with Gasteiger partial charge < -0.3 is 8.98 Å². The molecule has 1 atom stereocenters. The van der Waals surface area contributed by atoms with E-state index < -0.39 is 0 Å². The van der Waals surface area contributed by atoms with Crippen molar-refractivity contribution >= 4 is 22.8 Å². The molecule has 0 aliphatic rings.